The van der Waals surface area contributed by atoms with Crippen molar-refractivity contribution in [2.75, 3.05) is 13.2 Å². The van der Waals surface area contributed by atoms with Gasteiger partial charge in [0, 0.05) is 12.6 Å². The highest BCUT2D eigenvalue weighted by atomic mass is 32.2. The van der Waals surface area contributed by atoms with E-state index in [-0.39, 0.29) is 23.4 Å². The molecule has 1 saturated heterocycles. The van der Waals surface area contributed by atoms with E-state index in [0.29, 0.717) is 47.1 Å². The Kier molecular flexibility index (Phi) is 8.02. The lowest BCUT2D eigenvalue weighted by molar-refractivity contribution is -0.385. The number of amides is 2. The fourth-order valence-corrected chi connectivity index (χ4v) is 4.56. The highest BCUT2D eigenvalue weighted by Gasteiger charge is 2.34. The molecule has 0 atom stereocenters. The largest absolute Gasteiger partial charge is 0.490 e. The lowest BCUT2D eigenvalue weighted by Crippen LogP contribution is -2.30. The van der Waals surface area contributed by atoms with Gasteiger partial charge in [-0.3, -0.25) is 24.6 Å². The minimum atomic E-state index is -0.446. The first kappa shape index (κ1) is 25.0. The number of nitro groups is 1. The average molecular weight is 505 g/mol. The minimum Gasteiger partial charge on any atom is -0.490 e. The summed E-state index contributed by atoms with van der Waals surface area (Å²) >= 11 is 0.910. The monoisotopic (exact) mass is 504 g/mol. The summed E-state index contributed by atoms with van der Waals surface area (Å²) in [7, 11) is 0. The molecule has 1 heterocycles. The second-order valence-electron chi connectivity index (χ2n) is 7.88. The number of nitrogens with zero attached hydrogens (tertiary/aromatic N) is 2. The third-order valence-corrected chi connectivity index (χ3v) is 6.38. The smallest absolute Gasteiger partial charge is 0.293 e. The molecule has 8 nitrogen and oxygen atoms in total. The molecule has 9 heteroatoms. The van der Waals surface area contributed by atoms with E-state index in [1.165, 1.54) is 11.0 Å². The Balaban J connectivity index is 1.48. The Morgan fingerprint density at radius 2 is 1.72 bits per heavy atom. The highest BCUT2D eigenvalue weighted by molar-refractivity contribution is 8.18. The molecule has 0 unspecified atom stereocenters. The average Bonchev–Trinajstić information content (AvgIpc) is 3.15. The number of benzene rings is 3. The summed E-state index contributed by atoms with van der Waals surface area (Å²) in [4.78, 5) is 37.7. The van der Waals surface area contributed by atoms with E-state index in [2.05, 4.69) is 0 Å². The van der Waals surface area contributed by atoms with Gasteiger partial charge in [-0.25, -0.2) is 0 Å². The summed E-state index contributed by atoms with van der Waals surface area (Å²) in [6, 6.07) is 21.2. The number of carbonyl (C=O) groups is 2. The van der Waals surface area contributed by atoms with Crippen LogP contribution < -0.4 is 9.47 Å². The van der Waals surface area contributed by atoms with Gasteiger partial charge in [0.1, 0.15) is 6.61 Å². The van der Waals surface area contributed by atoms with Crippen molar-refractivity contribution in [1.82, 2.24) is 4.90 Å². The number of hydrogen-bond donors (Lipinski definition) is 0. The zero-order valence-corrected chi connectivity index (χ0v) is 20.4. The topological polar surface area (TPSA) is 99.0 Å². The van der Waals surface area contributed by atoms with Gasteiger partial charge >= 0.3 is 0 Å². The fraction of sp³-hybridized carbons (Fsp3) is 0.185. The second kappa shape index (κ2) is 11.5. The molecule has 0 saturated carbocycles. The molecule has 1 aliphatic heterocycles. The summed E-state index contributed by atoms with van der Waals surface area (Å²) in [5.41, 5.74) is 2.15. The first-order chi connectivity index (χ1) is 17.5. The molecule has 0 bridgehead atoms. The van der Waals surface area contributed by atoms with Crippen molar-refractivity contribution in [3.8, 4) is 11.5 Å². The molecule has 0 radical (unpaired) electrons. The van der Waals surface area contributed by atoms with E-state index in [0.717, 1.165) is 17.3 Å². The van der Waals surface area contributed by atoms with Gasteiger partial charge in [-0.15, -0.1) is 0 Å². The number of imide groups is 1. The van der Waals surface area contributed by atoms with Gasteiger partial charge in [0.2, 0.25) is 0 Å². The third kappa shape index (κ3) is 5.92. The van der Waals surface area contributed by atoms with Crippen LogP contribution in [-0.4, -0.2) is 34.1 Å². The lowest BCUT2D eigenvalue weighted by atomic mass is 10.1. The number of nitro benzene ring substituents is 1. The van der Waals surface area contributed by atoms with Crippen molar-refractivity contribution in [1.29, 1.82) is 0 Å². The Labute approximate surface area is 212 Å². The van der Waals surface area contributed by atoms with Crippen LogP contribution in [0.4, 0.5) is 10.5 Å². The van der Waals surface area contributed by atoms with Crippen molar-refractivity contribution in [2.24, 2.45) is 0 Å². The standard InChI is InChI=1S/C27H24N2O6S/c1-2-34-24-16-20(12-13-23(24)35-18-21-10-6-7-11-22(21)29(32)33)17-25-26(30)28(27(31)36-25)15-14-19-8-4-3-5-9-19/h3-13,16-17H,2,14-15,18H2,1H3/b25-17+. The maximum Gasteiger partial charge on any atom is 0.293 e. The SMILES string of the molecule is CCOc1cc(/C=C2/SC(=O)N(CCc3ccccc3)C2=O)ccc1OCc1ccccc1[N+](=O)[O-]. The van der Waals surface area contributed by atoms with Gasteiger partial charge < -0.3 is 9.47 Å². The molecule has 3 aromatic rings. The normalized spacial score (nSPS) is 14.4. The van der Waals surface area contributed by atoms with Gasteiger partial charge in [0.15, 0.2) is 11.5 Å². The van der Waals surface area contributed by atoms with Crippen molar-refractivity contribution in [3.63, 3.8) is 0 Å². The number of carbonyl (C=O) groups excluding carboxylic acids is 2. The van der Waals surface area contributed by atoms with Crippen LogP contribution >= 0.6 is 11.8 Å². The predicted octanol–water partition coefficient (Wildman–Crippen LogP) is 5.85. The van der Waals surface area contributed by atoms with Crippen LogP contribution in [0.25, 0.3) is 6.08 Å². The van der Waals surface area contributed by atoms with Crippen LogP contribution in [0.3, 0.4) is 0 Å². The Bertz CT molecular complexity index is 1310. The maximum atomic E-state index is 12.9. The molecule has 0 aromatic heterocycles. The molecule has 36 heavy (non-hydrogen) atoms. The molecule has 1 fully saturated rings. The van der Waals surface area contributed by atoms with Crippen molar-refractivity contribution in [2.45, 2.75) is 20.0 Å². The molecule has 0 spiro atoms. The molecule has 3 aromatic carbocycles. The zero-order valence-electron chi connectivity index (χ0n) is 19.6. The van der Waals surface area contributed by atoms with Gasteiger partial charge in [-0.1, -0.05) is 48.5 Å². The van der Waals surface area contributed by atoms with E-state index in [1.807, 2.05) is 37.3 Å². The molecular weight excluding hydrogens is 480 g/mol. The summed E-state index contributed by atoms with van der Waals surface area (Å²) in [6.45, 7) is 2.52. The van der Waals surface area contributed by atoms with E-state index in [9.17, 15) is 19.7 Å². The summed E-state index contributed by atoms with van der Waals surface area (Å²) in [5, 5.41) is 11.0. The van der Waals surface area contributed by atoms with Crippen molar-refractivity contribution in [3.05, 3.63) is 105 Å². The van der Waals surface area contributed by atoms with Gasteiger partial charge in [-0.05, 0) is 60.5 Å². The molecular formula is C27H24N2O6S. The molecule has 184 valence electrons. The van der Waals surface area contributed by atoms with E-state index >= 15 is 0 Å². The first-order valence-electron chi connectivity index (χ1n) is 11.4. The summed E-state index contributed by atoms with van der Waals surface area (Å²) < 4.78 is 11.5. The second-order valence-corrected chi connectivity index (χ2v) is 8.88. The number of thioether (sulfide) groups is 1. The maximum absolute atomic E-state index is 12.9. The molecule has 0 N–H and O–H groups in total. The summed E-state index contributed by atoms with van der Waals surface area (Å²) in [5.74, 6) is 0.534. The molecule has 0 aliphatic carbocycles. The van der Waals surface area contributed by atoms with Crippen LogP contribution in [0.5, 0.6) is 11.5 Å². The molecule has 4 rings (SSSR count). The first-order valence-corrected chi connectivity index (χ1v) is 12.2. The van der Waals surface area contributed by atoms with E-state index in [4.69, 9.17) is 9.47 Å². The highest BCUT2D eigenvalue weighted by Crippen LogP contribution is 2.35. The minimum absolute atomic E-state index is 0.00310. The quantitative estimate of drug-likeness (QED) is 0.194. The van der Waals surface area contributed by atoms with E-state index < -0.39 is 4.92 Å². The van der Waals surface area contributed by atoms with E-state index in [1.54, 1.807) is 42.5 Å². The molecule has 2 amide bonds. The predicted molar refractivity (Wildman–Crippen MR) is 138 cm³/mol. The van der Waals surface area contributed by atoms with Gasteiger partial charge in [-0.2, -0.15) is 0 Å². The Morgan fingerprint density at radius 3 is 2.47 bits per heavy atom. The number of para-hydroxylation sites is 1. The lowest BCUT2D eigenvalue weighted by Gasteiger charge is -2.13. The summed E-state index contributed by atoms with van der Waals surface area (Å²) in [6.07, 6.45) is 2.24. The van der Waals surface area contributed by atoms with Crippen LogP contribution in [-0.2, 0) is 17.8 Å². The number of ether oxygens (including phenoxy) is 2. The fourth-order valence-electron chi connectivity index (χ4n) is 3.70. The van der Waals surface area contributed by atoms with Crippen LogP contribution in [0.15, 0.2) is 77.7 Å². The number of rotatable bonds is 10. The zero-order chi connectivity index (χ0) is 25.5. The van der Waals surface area contributed by atoms with Crippen molar-refractivity contribution >= 4 is 34.7 Å². The van der Waals surface area contributed by atoms with Crippen LogP contribution in [0.1, 0.15) is 23.6 Å². The third-order valence-electron chi connectivity index (χ3n) is 5.48. The van der Waals surface area contributed by atoms with Crippen molar-refractivity contribution < 1.29 is 24.0 Å². The van der Waals surface area contributed by atoms with Crippen LogP contribution in [0.2, 0.25) is 0 Å². The van der Waals surface area contributed by atoms with Gasteiger partial charge in [0.05, 0.1) is 22.0 Å². The van der Waals surface area contributed by atoms with Crippen LogP contribution in [0, 0.1) is 10.1 Å². The van der Waals surface area contributed by atoms with Gasteiger partial charge in [0.25, 0.3) is 16.8 Å². The Morgan fingerprint density at radius 1 is 0.972 bits per heavy atom. The Hall–Kier alpha value is -4.11. The molecule has 1 aliphatic rings. The number of hydrogen-bond acceptors (Lipinski definition) is 7.